The van der Waals surface area contributed by atoms with Gasteiger partial charge in [-0.1, -0.05) is 39.9 Å². The normalized spacial score (nSPS) is 19.9. The largest absolute Gasteiger partial charge is 0.477 e. The van der Waals surface area contributed by atoms with Crippen LogP contribution in [0.1, 0.15) is 11.3 Å². The molecule has 4 rings (SSSR count). The topological polar surface area (TPSA) is 217 Å². The van der Waals surface area contributed by atoms with E-state index in [1.165, 1.54) is 35.3 Å². The van der Waals surface area contributed by atoms with E-state index in [2.05, 4.69) is 20.4 Å². The predicted molar refractivity (Wildman–Crippen MR) is 151 cm³/mol. The van der Waals surface area contributed by atoms with Gasteiger partial charge in [-0.05, 0) is 11.6 Å². The first-order valence-electron chi connectivity index (χ1n) is 11.1. The Bertz CT molecular complexity index is 1360. The summed E-state index contributed by atoms with van der Waals surface area (Å²) in [6.45, 7) is -0.123. The molecule has 2 aliphatic rings. The van der Waals surface area contributed by atoms with Gasteiger partial charge in [0.2, 0.25) is 0 Å². The Balaban J connectivity index is 1.50. The van der Waals surface area contributed by atoms with Crippen molar-refractivity contribution in [3.8, 4) is 0 Å². The summed E-state index contributed by atoms with van der Waals surface area (Å²) >= 11 is 10.9. The number of halogens is 1. The maximum atomic E-state index is 13.0. The van der Waals surface area contributed by atoms with Gasteiger partial charge in [0.1, 0.15) is 27.1 Å². The summed E-state index contributed by atoms with van der Waals surface area (Å²) in [6.07, 6.45) is 3.28. The quantitative estimate of drug-likeness (QED) is 0.0883. The Kier molecular flexibility index (Phi) is 9.63. The van der Waals surface area contributed by atoms with Crippen molar-refractivity contribution >= 4 is 86.9 Å². The van der Waals surface area contributed by atoms with E-state index in [0.29, 0.717) is 16.4 Å². The highest BCUT2D eigenvalue weighted by Gasteiger charge is 2.54. The van der Waals surface area contributed by atoms with Crippen LogP contribution in [0.3, 0.4) is 0 Å². The maximum Gasteiger partial charge on any atom is 0.353 e. The minimum atomic E-state index is -1.28. The second-order valence-corrected chi connectivity index (χ2v) is 13.0. The number of nitrogens with one attached hydrogen (secondary N) is 1. The van der Waals surface area contributed by atoms with E-state index in [4.69, 9.17) is 28.2 Å². The van der Waals surface area contributed by atoms with E-state index in [9.17, 15) is 24.7 Å². The van der Waals surface area contributed by atoms with Crippen molar-refractivity contribution in [2.24, 2.45) is 10.9 Å². The number of aliphatic hydroxyl groups excluding tert-OH is 1. The molecule has 0 saturated carbocycles. The predicted octanol–water partition coefficient (Wildman–Crippen LogP) is 0.993. The van der Waals surface area contributed by atoms with E-state index in [1.54, 1.807) is 18.5 Å². The van der Waals surface area contributed by atoms with Crippen LogP contribution in [0.4, 0.5) is 5.13 Å². The van der Waals surface area contributed by atoms with Crippen LogP contribution < -0.4 is 16.8 Å². The molecule has 0 radical (unpaired) electrons. The summed E-state index contributed by atoms with van der Waals surface area (Å²) in [4.78, 5) is 48.5. The summed E-state index contributed by atoms with van der Waals surface area (Å²) in [6, 6.07) is 0.361. The molecule has 1 fully saturated rings. The average molecular weight is 632 g/mol. The first-order chi connectivity index (χ1) is 18.7. The molecule has 1 saturated heterocycles. The van der Waals surface area contributed by atoms with Gasteiger partial charge in [-0.3, -0.25) is 19.5 Å². The highest BCUT2D eigenvalue weighted by molar-refractivity contribution is 8.06. The Labute approximate surface area is 243 Å². The van der Waals surface area contributed by atoms with Crippen LogP contribution in [0.25, 0.3) is 0 Å². The number of anilines is 1. The van der Waals surface area contributed by atoms with Crippen molar-refractivity contribution in [3.05, 3.63) is 44.7 Å². The standard InChI is InChI=1S/C21H22ClN7O6S4/c22-16-12(27-21(24)39-16)13(28-35)17(31)26-14-18(32)29-15(20(33)34)11(7-37-19(14)29)38-10-1-2-25-3-8(10)5-36-6-9(23)4-30/h1-3,9,14,19,30,35H,4-7,23H2,(H2,24,27)(H,26,31)(H,33,34)/b28-13-/t9-,14+,19-/m0/s1. The lowest BCUT2D eigenvalue weighted by Crippen LogP contribution is -2.71. The zero-order valence-electron chi connectivity index (χ0n) is 19.8. The number of fused-ring (bicyclic) bond motifs is 1. The van der Waals surface area contributed by atoms with Crippen LogP contribution in [-0.2, 0) is 20.1 Å². The molecule has 2 aliphatic heterocycles. The van der Waals surface area contributed by atoms with Crippen LogP contribution in [0.5, 0.6) is 0 Å². The number of pyridine rings is 1. The molecule has 0 spiro atoms. The number of nitrogens with zero attached hydrogens (tertiary/aromatic N) is 4. The minimum Gasteiger partial charge on any atom is -0.477 e. The maximum absolute atomic E-state index is 13.0. The molecule has 4 heterocycles. The lowest BCUT2D eigenvalue weighted by Gasteiger charge is -2.49. The van der Waals surface area contributed by atoms with Crippen molar-refractivity contribution in [3.63, 3.8) is 0 Å². The number of nitrogen functional groups attached to an aromatic ring is 1. The van der Waals surface area contributed by atoms with Gasteiger partial charge in [0, 0.05) is 45.5 Å². The fourth-order valence-electron chi connectivity index (χ4n) is 3.67. The number of thioether (sulfide) groups is 3. The molecular weight excluding hydrogens is 610 g/mol. The summed E-state index contributed by atoms with van der Waals surface area (Å²) in [7, 11) is 0. The van der Waals surface area contributed by atoms with E-state index in [0.717, 1.165) is 26.7 Å². The van der Waals surface area contributed by atoms with Crippen molar-refractivity contribution < 1.29 is 29.8 Å². The third-order valence-electron chi connectivity index (χ3n) is 5.48. The molecule has 18 heteroatoms. The molecule has 3 atom stereocenters. The number of oxime groups is 1. The van der Waals surface area contributed by atoms with Gasteiger partial charge >= 0.3 is 5.97 Å². The van der Waals surface area contributed by atoms with Crippen LogP contribution in [0.2, 0.25) is 4.34 Å². The molecule has 0 bridgehead atoms. The molecule has 0 aliphatic carbocycles. The van der Waals surface area contributed by atoms with Gasteiger partial charge in [0.15, 0.2) is 10.8 Å². The van der Waals surface area contributed by atoms with Crippen LogP contribution in [-0.4, -0.2) is 89.4 Å². The van der Waals surface area contributed by atoms with Crippen LogP contribution in [0.15, 0.2) is 39.1 Å². The molecule has 8 N–H and O–H groups in total. The third-order valence-corrected chi connectivity index (χ3v) is 10.4. The number of amides is 2. The lowest BCUT2D eigenvalue weighted by atomic mass is 10.0. The first-order valence-corrected chi connectivity index (χ1v) is 15.3. The van der Waals surface area contributed by atoms with Gasteiger partial charge in [-0.2, -0.15) is 11.8 Å². The van der Waals surface area contributed by atoms with Crippen LogP contribution >= 0.6 is 58.2 Å². The van der Waals surface area contributed by atoms with E-state index in [1.807, 2.05) is 0 Å². The van der Waals surface area contributed by atoms with Gasteiger partial charge in [-0.25, -0.2) is 9.78 Å². The second-order valence-electron chi connectivity index (χ2n) is 8.10. The molecule has 0 aromatic carbocycles. The number of rotatable bonds is 11. The fourth-order valence-corrected chi connectivity index (χ4v) is 8.23. The summed E-state index contributed by atoms with van der Waals surface area (Å²) in [5, 5.41) is 33.3. The van der Waals surface area contributed by atoms with Crippen molar-refractivity contribution in [2.45, 2.75) is 28.1 Å². The SMILES string of the molecule is Nc1nc(/C(=N/O)C(=O)N[C@@H]2C(=O)N3C(C(=O)O)=C(Sc4ccncc4CSC[C@@H](N)CO)CS[C@@H]23)c(Cl)s1. The second kappa shape index (κ2) is 12.8. The number of carbonyl (C=O) groups is 3. The highest BCUT2D eigenvalue weighted by Crippen LogP contribution is 2.46. The van der Waals surface area contributed by atoms with E-state index < -0.39 is 34.9 Å². The summed E-state index contributed by atoms with van der Waals surface area (Å²) in [5.41, 5.74) is 11.4. The number of carboxylic acids is 1. The number of aliphatic carboxylic acids is 1. The smallest absolute Gasteiger partial charge is 0.353 e. The van der Waals surface area contributed by atoms with Gasteiger partial charge in [0.05, 0.1) is 6.61 Å². The Hall–Kier alpha value is -2.54. The number of hydrogen-bond acceptors (Lipinski definition) is 14. The van der Waals surface area contributed by atoms with Gasteiger partial charge in [-0.15, -0.1) is 11.8 Å². The molecular formula is C21H22ClN7O6S4. The van der Waals surface area contributed by atoms with Crippen LogP contribution in [0, 0.1) is 0 Å². The molecule has 2 amide bonds. The van der Waals surface area contributed by atoms with E-state index in [-0.39, 0.29) is 39.3 Å². The Morgan fingerprint density at radius 3 is 2.82 bits per heavy atom. The highest BCUT2D eigenvalue weighted by atomic mass is 35.5. The number of nitrogens with two attached hydrogens (primary N) is 2. The number of thiazole rings is 1. The summed E-state index contributed by atoms with van der Waals surface area (Å²) < 4.78 is 0.0342. The number of β-lactam (4-membered cyclic amide) rings is 1. The molecule has 0 unspecified atom stereocenters. The van der Waals surface area contributed by atoms with Gasteiger partial charge < -0.3 is 32.2 Å². The number of aliphatic hydroxyl groups is 1. The van der Waals surface area contributed by atoms with Crippen molar-refractivity contribution in [1.82, 2.24) is 20.2 Å². The Morgan fingerprint density at radius 1 is 1.41 bits per heavy atom. The first kappa shape index (κ1) is 29.4. The molecule has 2 aromatic rings. The van der Waals surface area contributed by atoms with Crippen molar-refractivity contribution in [1.29, 1.82) is 0 Å². The minimum absolute atomic E-state index is 0.0342. The average Bonchev–Trinajstić information content (AvgIpc) is 3.25. The Morgan fingerprint density at radius 2 is 2.18 bits per heavy atom. The van der Waals surface area contributed by atoms with E-state index >= 15 is 0 Å². The zero-order valence-corrected chi connectivity index (χ0v) is 23.8. The zero-order chi connectivity index (χ0) is 28.3. The number of hydrogen-bond donors (Lipinski definition) is 6. The molecule has 2 aromatic heterocycles. The lowest BCUT2D eigenvalue weighted by molar-refractivity contribution is -0.150. The fraction of sp³-hybridized carbons (Fsp3) is 0.333. The molecule has 13 nitrogen and oxygen atoms in total. The monoisotopic (exact) mass is 631 g/mol. The molecule has 208 valence electrons. The third kappa shape index (κ3) is 6.29. The summed E-state index contributed by atoms with van der Waals surface area (Å²) in [5.74, 6) is -1.45. The number of aromatic nitrogens is 2. The van der Waals surface area contributed by atoms with Gasteiger partial charge in [0.25, 0.3) is 11.8 Å². The number of carbonyl (C=O) groups excluding carboxylic acids is 2. The number of carboxylic acid groups (broad SMARTS) is 1. The van der Waals surface area contributed by atoms with Crippen molar-refractivity contribution in [2.75, 3.05) is 23.8 Å². The molecule has 39 heavy (non-hydrogen) atoms.